The standard InChI is InChI=1S/C14H24N2O.C10H21NO4/c1-4-17-12(3)14(15)16-11(2)10-13-8-6-5-7-9-13;1-6-14-7(2)8(12)11-9(13)15-10(3,4)5/h5-9,11-12,14,16H,4,10,15H2,1-3H3;7-8,12H,6H2,1-5H3,(H,11,13). The molecule has 0 fully saturated rings. The summed E-state index contributed by atoms with van der Waals surface area (Å²) in [6.07, 6.45) is -1.26. The maximum absolute atomic E-state index is 11.2. The van der Waals surface area contributed by atoms with Crippen molar-refractivity contribution in [2.45, 2.75) is 98.1 Å². The van der Waals surface area contributed by atoms with Crippen molar-refractivity contribution in [1.29, 1.82) is 0 Å². The zero-order valence-electron chi connectivity index (χ0n) is 21.1. The van der Waals surface area contributed by atoms with Gasteiger partial charge in [-0.3, -0.25) is 10.6 Å². The van der Waals surface area contributed by atoms with E-state index in [-0.39, 0.29) is 12.3 Å². The number of amides is 1. The minimum Gasteiger partial charge on any atom is -0.444 e. The lowest BCUT2D eigenvalue weighted by molar-refractivity contribution is -0.0414. The van der Waals surface area contributed by atoms with Crippen LogP contribution in [0.1, 0.15) is 61.0 Å². The number of hydrogen-bond donors (Lipinski definition) is 4. The third-order valence-corrected chi connectivity index (χ3v) is 4.34. The van der Waals surface area contributed by atoms with E-state index in [0.29, 0.717) is 19.3 Å². The van der Waals surface area contributed by atoms with Gasteiger partial charge in [0.15, 0.2) is 6.23 Å². The van der Waals surface area contributed by atoms with Gasteiger partial charge in [0.2, 0.25) is 0 Å². The molecule has 0 aliphatic heterocycles. The molecular formula is C24H45N3O5. The maximum Gasteiger partial charge on any atom is 0.409 e. The van der Waals surface area contributed by atoms with Crippen molar-refractivity contribution in [2.75, 3.05) is 13.2 Å². The highest BCUT2D eigenvalue weighted by molar-refractivity contribution is 5.67. The number of benzene rings is 1. The van der Waals surface area contributed by atoms with Crippen molar-refractivity contribution in [3.8, 4) is 0 Å². The first kappa shape index (κ1) is 30.3. The topological polar surface area (TPSA) is 115 Å². The van der Waals surface area contributed by atoms with E-state index in [1.54, 1.807) is 27.7 Å². The molecule has 0 radical (unpaired) electrons. The van der Waals surface area contributed by atoms with Crippen LogP contribution >= 0.6 is 0 Å². The fraction of sp³-hybridized carbons (Fsp3) is 0.708. The summed E-state index contributed by atoms with van der Waals surface area (Å²) < 4.78 is 15.6. The van der Waals surface area contributed by atoms with Crippen LogP contribution in [-0.4, -0.2) is 60.7 Å². The fourth-order valence-electron chi connectivity index (χ4n) is 2.76. The lowest BCUT2D eigenvalue weighted by atomic mass is 10.1. The minimum absolute atomic E-state index is 0.0400. The van der Waals surface area contributed by atoms with Gasteiger partial charge in [-0.15, -0.1) is 0 Å². The molecule has 0 spiro atoms. The Labute approximate surface area is 194 Å². The Morgan fingerprint density at radius 2 is 1.56 bits per heavy atom. The summed E-state index contributed by atoms with van der Waals surface area (Å²) in [5, 5.41) is 15.1. The van der Waals surface area contributed by atoms with Crippen LogP contribution in [0, 0.1) is 0 Å². The number of nitrogens with one attached hydrogen (secondary N) is 2. The Bertz CT molecular complexity index is 609. The van der Waals surface area contributed by atoms with Crippen LogP contribution in [0.25, 0.3) is 0 Å². The van der Waals surface area contributed by atoms with E-state index >= 15 is 0 Å². The highest BCUT2D eigenvalue weighted by atomic mass is 16.6. The molecule has 32 heavy (non-hydrogen) atoms. The third kappa shape index (κ3) is 15.2. The number of ether oxygens (including phenoxy) is 3. The van der Waals surface area contributed by atoms with Crippen LogP contribution < -0.4 is 16.4 Å². The molecule has 1 aromatic carbocycles. The smallest absolute Gasteiger partial charge is 0.409 e. The van der Waals surface area contributed by atoms with E-state index < -0.39 is 24.0 Å². The second-order valence-corrected chi connectivity index (χ2v) is 8.70. The number of aliphatic hydroxyl groups is 1. The molecule has 8 nitrogen and oxygen atoms in total. The molecule has 1 aromatic rings. The summed E-state index contributed by atoms with van der Waals surface area (Å²) in [7, 11) is 0. The van der Waals surface area contributed by atoms with E-state index in [4.69, 9.17) is 19.9 Å². The first-order chi connectivity index (χ1) is 14.9. The van der Waals surface area contributed by atoms with Gasteiger partial charge in [0, 0.05) is 19.3 Å². The third-order valence-electron chi connectivity index (χ3n) is 4.34. The highest BCUT2D eigenvalue weighted by Crippen LogP contribution is 2.07. The summed E-state index contributed by atoms with van der Waals surface area (Å²) >= 11 is 0. The molecule has 8 heteroatoms. The van der Waals surface area contributed by atoms with Crippen molar-refractivity contribution >= 4 is 6.09 Å². The zero-order chi connectivity index (χ0) is 24.7. The summed E-state index contributed by atoms with van der Waals surface area (Å²) in [4.78, 5) is 11.2. The lowest BCUT2D eigenvalue weighted by Crippen LogP contribution is -2.51. The van der Waals surface area contributed by atoms with Crippen molar-refractivity contribution in [2.24, 2.45) is 5.73 Å². The predicted octanol–water partition coefficient (Wildman–Crippen LogP) is 3.17. The quantitative estimate of drug-likeness (QED) is 0.379. The Morgan fingerprint density at radius 1 is 1.03 bits per heavy atom. The predicted molar refractivity (Wildman–Crippen MR) is 128 cm³/mol. The lowest BCUT2D eigenvalue weighted by Gasteiger charge is -2.25. The molecule has 0 aromatic heterocycles. The SMILES string of the molecule is CCOC(C)C(N)NC(C)Cc1ccccc1.CCOC(C)C(O)NC(=O)OC(C)(C)C. The number of rotatable bonds is 11. The van der Waals surface area contributed by atoms with Crippen molar-refractivity contribution in [3.05, 3.63) is 35.9 Å². The zero-order valence-corrected chi connectivity index (χ0v) is 21.1. The minimum atomic E-state index is -1.06. The summed E-state index contributed by atoms with van der Waals surface area (Å²) in [5.41, 5.74) is 6.77. The summed E-state index contributed by atoms with van der Waals surface area (Å²) in [5.74, 6) is 0. The van der Waals surface area contributed by atoms with Crippen LogP contribution in [0.5, 0.6) is 0 Å². The number of aliphatic hydroxyl groups excluding tert-OH is 1. The van der Waals surface area contributed by atoms with Crippen LogP contribution in [0.4, 0.5) is 4.79 Å². The molecule has 5 unspecified atom stereocenters. The summed E-state index contributed by atoms with van der Waals surface area (Å²) in [6.45, 7) is 16.1. The number of carbonyl (C=O) groups excluding carboxylic acids is 1. The van der Waals surface area contributed by atoms with Gasteiger partial charge in [0.05, 0.1) is 18.4 Å². The maximum atomic E-state index is 11.2. The van der Waals surface area contributed by atoms with Crippen LogP contribution in [0.15, 0.2) is 30.3 Å². The van der Waals surface area contributed by atoms with Crippen LogP contribution in [0.3, 0.4) is 0 Å². The van der Waals surface area contributed by atoms with Gasteiger partial charge in [0.25, 0.3) is 0 Å². The molecule has 5 N–H and O–H groups in total. The molecule has 186 valence electrons. The molecule has 5 atom stereocenters. The molecule has 0 aliphatic carbocycles. The van der Waals surface area contributed by atoms with Gasteiger partial charge < -0.3 is 25.1 Å². The van der Waals surface area contributed by atoms with Crippen molar-refractivity contribution in [1.82, 2.24) is 10.6 Å². The molecule has 0 bridgehead atoms. The average Bonchev–Trinajstić information content (AvgIpc) is 2.68. The van der Waals surface area contributed by atoms with E-state index in [2.05, 4.69) is 41.8 Å². The molecule has 1 amide bonds. The molecule has 0 aliphatic rings. The molecular weight excluding hydrogens is 410 g/mol. The Hall–Kier alpha value is -1.71. The van der Waals surface area contributed by atoms with Crippen molar-refractivity contribution in [3.63, 3.8) is 0 Å². The second kappa shape index (κ2) is 16.0. The average molecular weight is 456 g/mol. The number of carbonyl (C=O) groups is 1. The van der Waals surface area contributed by atoms with Gasteiger partial charge in [0.1, 0.15) is 5.60 Å². The Morgan fingerprint density at radius 3 is 2.06 bits per heavy atom. The van der Waals surface area contributed by atoms with E-state index in [9.17, 15) is 9.90 Å². The monoisotopic (exact) mass is 455 g/mol. The number of alkyl carbamates (subject to hydrolysis) is 1. The number of nitrogens with two attached hydrogens (primary N) is 1. The van der Waals surface area contributed by atoms with E-state index in [1.807, 2.05) is 26.8 Å². The first-order valence-corrected chi connectivity index (χ1v) is 11.4. The fourth-order valence-corrected chi connectivity index (χ4v) is 2.76. The molecule has 0 saturated heterocycles. The van der Waals surface area contributed by atoms with Gasteiger partial charge in [-0.25, -0.2) is 4.79 Å². The van der Waals surface area contributed by atoms with Crippen molar-refractivity contribution < 1.29 is 24.1 Å². The molecule has 1 rings (SSSR count). The van der Waals surface area contributed by atoms with Gasteiger partial charge in [-0.1, -0.05) is 30.3 Å². The second-order valence-electron chi connectivity index (χ2n) is 8.70. The summed E-state index contributed by atoms with van der Waals surface area (Å²) in [6, 6.07) is 10.8. The number of hydrogen-bond acceptors (Lipinski definition) is 7. The molecule has 0 heterocycles. The normalized spacial score (nSPS) is 16.1. The van der Waals surface area contributed by atoms with Crippen LogP contribution in [0.2, 0.25) is 0 Å². The van der Waals surface area contributed by atoms with E-state index in [0.717, 1.165) is 6.42 Å². The largest absolute Gasteiger partial charge is 0.444 e. The van der Waals surface area contributed by atoms with Gasteiger partial charge >= 0.3 is 6.09 Å². The highest BCUT2D eigenvalue weighted by Gasteiger charge is 2.21. The van der Waals surface area contributed by atoms with E-state index in [1.165, 1.54) is 5.56 Å². The first-order valence-electron chi connectivity index (χ1n) is 11.4. The van der Waals surface area contributed by atoms with Gasteiger partial charge in [-0.05, 0) is 67.4 Å². The Kier molecular flexibility index (Phi) is 15.1. The molecule has 0 saturated carbocycles. The van der Waals surface area contributed by atoms with Crippen LogP contribution in [-0.2, 0) is 20.6 Å². The van der Waals surface area contributed by atoms with Gasteiger partial charge in [-0.2, -0.15) is 0 Å². The Balaban J connectivity index is 0.000000607.